The molecule has 3 aromatic rings. The Morgan fingerprint density at radius 3 is 2.48 bits per heavy atom. The maximum Gasteiger partial charge on any atom is 0.253 e. The van der Waals surface area contributed by atoms with Crippen LogP contribution in [0, 0.1) is 12.8 Å². The fraction of sp³-hybridized carbons (Fsp3) is 0.318. The van der Waals surface area contributed by atoms with Crippen LogP contribution in [0.25, 0.3) is 10.9 Å². The van der Waals surface area contributed by atoms with Crippen molar-refractivity contribution in [1.29, 1.82) is 0 Å². The summed E-state index contributed by atoms with van der Waals surface area (Å²) < 4.78 is 0. The minimum absolute atomic E-state index is 0.169. The standard InChI is InChI=1S/C22H24N2O/c1-16-20(19-9-5-6-10-21(19)23-16)15-17-11-13-24(14-12-17)22(25)18-7-3-2-4-8-18/h2-10,17,23H,11-15H2,1H3. The van der Waals surface area contributed by atoms with Crippen LogP contribution in [0.5, 0.6) is 0 Å². The van der Waals surface area contributed by atoms with Gasteiger partial charge in [0.25, 0.3) is 5.91 Å². The number of hydrogen-bond acceptors (Lipinski definition) is 1. The van der Waals surface area contributed by atoms with Gasteiger partial charge in [0.1, 0.15) is 0 Å². The Balaban J connectivity index is 1.42. The molecule has 0 spiro atoms. The lowest BCUT2D eigenvalue weighted by molar-refractivity contribution is 0.0690. The molecular formula is C22H24N2O. The molecule has 0 bridgehead atoms. The van der Waals surface area contributed by atoms with Crippen molar-refractivity contribution >= 4 is 16.8 Å². The van der Waals surface area contributed by atoms with E-state index < -0.39 is 0 Å². The average Bonchev–Trinajstić information content (AvgIpc) is 2.98. The minimum Gasteiger partial charge on any atom is -0.358 e. The summed E-state index contributed by atoms with van der Waals surface area (Å²) >= 11 is 0. The number of piperidine rings is 1. The average molecular weight is 332 g/mol. The first-order chi connectivity index (χ1) is 12.2. The van der Waals surface area contributed by atoms with Gasteiger partial charge in [-0.1, -0.05) is 36.4 Å². The Morgan fingerprint density at radius 2 is 1.72 bits per heavy atom. The van der Waals surface area contributed by atoms with E-state index in [2.05, 4.69) is 36.2 Å². The van der Waals surface area contributed by atoms with Crippen LogP contribution in [0.3, 0.4) is 0 Å². The number of benzene rings is 2. The first-order valence-corrected chi connectivity index (χ1v) is 9.13. The van der Waals surface area contributed by atoms with Gasteiger partial charge in [-0.05, 0) is 55.9 Å². The lowest BCUT2D eigenvalue weighted by Gasteiger charge is -2.32. The SMILES string of the molecule is Cc1[nH]c2ccccc2c1CC1CCN(C(=O)c2ccccc2)CC1. The highest BCUT2D eigenvalue weighted by Crippen LogP contribution is 2.29. The van der Waals surface area contributed by atoms with E-state index in [0.29, 0.717) is 5.92 Å². The van der Waals surface area contributed by atoms with Crippen molar-refractivity contribution in [3.8, 4) is 0 Å². The number of aromatic nitrogens is 1. The van der Waals surface area contributed by atoms with Crippen molar-refractivity contribution in [3.63, 3.8) is 0 Å². The fourth-order valence-corrected chi connectivity index (χ4v) is 3.99. The molecule has 1 fully saturated rings. The Kier molecular flexibility index (Phi) is 4.31. The molecule has 0 unspecified atom stereocenters. The van der Waals surface area contributed by atoms with Crippen molar-refractivity contribution in [3.05, 3.63) is 71.4 Å². The van der Waals surface area contributed by atoms with Gasteiger partial charge in [0, 0.05) is 35.2 Å². The van der Waals surface area contributed by atoms with E-state index in [0.717, 1.165) is 37.9 Å². The molecule has 0 atom stereocenters. The second-order valence-electron chi connectivity index (χ2n) is 7.08. The number of nitrogens with one attached hydrogen (secondary N) is 1. The smallest absolute Gasteiger partial charge is 0.253 e. The highest BCUT2D eigenvalue weighted by atomic mass is 16.2. The molecule has 3 heteroatoms. The van der Waals surface area contributed by atoms with Gasteiger partial charge in [-0.2, -0.15) is 0 Å². The zero-order valence-electron chi connectivity index (χ0n) is 14.7. The molecule has 3 nitrogen and oxygen atoms in total. The van der Waals surface area contributed by atoms with Gasteiger partial charge in [-0.15, -0.1) is 0 Å². The second-order valence-corrected chi connectivity index (χ2v) is 7.08. The Labute approximate surface area is 148 Å². The van der Waals surface area contributed by atoms with Gasteiger partial charge in [0.2, 0.25) is 0 Å². The third-order valence-corrected chi connectivity index (χ3v) is 5.44. The molecular weight excluding hydrogens is 308 g/mol. The zero-order chi connectivity index (χ0) is 17.2. The number of rotatable bonds is 3. The number of carbonyl (C=O) groups is 1. The fourth-order valence-electron chi connectivity index (χ4n) is 3.99. The summed E-state index contributed by atoms with van der Waals surface area (Å²) in [7, 11) is 0. The largest absolute Gasteiger partial charge is 0.358 e. The summed E-state index contributed by atoms with van der Waals surface area (Å²) in [6.45, 7) is 3.89. The van der Waals surface area contributed by atoms with Crippen molar-refractivity contribution < 1.29 is 4.79 Å². The lowest BCUT2D eigenvalue weighted by atomic mass is 9.89. The molecule has 1 saturated heterocycles. The van der Waals surface area contributed by atoms with Crippen LogP contribution in [-0.2, 0) is 6.42 Å². The highest BCUT2D eigenvalue weighted by Gasteiger charge is 2.24. The van der Waals surface area contributed by atoms with Crippen LogP contribution >= 0.6 is 0 Å². The summed E-state index contributed by atoms with van der Waals surface area (Å²) in [5, 5.41) is 1.35. The molecule has 0 saturated carbocycles. The number of para-hydroxylation sites is 1. The number of aryl methyl sites for hydroxylation is 1. The van der Waals surface area contributed by atoms with E-state index in [1.807, 2.05) is 35.2 Å². The third-order valence-electron chi connectivity index (χ3n) is 5.44. The predicted molar refractivity (Wildman–Crippen MR) is 102 cm³/mol. The maximum absolute atomic E-state index is 12.6. The lowest BCUT2D eigenvalue weighted by Crippen LogP contribution is -2.38. The molecule has 0 radical (unpaired) electrons. The van der Waals surface area contributed by atoms with Crippen LogP contribution in [0.1, 0.15) is 34.5 Å². The van der Waals surface area contributed by atoms with Gasteiger partial charge < -0.3 is 9.88 Å². The van der Waals surface area contributed by atoms with E-state index in [-0.39, 0.29) is 5.91 Å². The number of H-pyrrole nitrogens is 1. The summed E-state index contributed by atoms with van der Waals surface area (Å²) in [6, 6.07) is 18.2. The molecule has 0 aliphatic carbocycles. The predicted octanol–water partition coefficient (Wildman–Crippen LogP) is 4.57. The molecule has 4 rings (SSSR count). The van der Waals surface area contributed by atoms with Crippen LogP contribution < -0.4 is 0 Å². The van der Waals surface area contributed by atoms with Crippen molar-refractivity contribution in [2.24, 2.45) is 5.92 Å². The van der Waals surface area contributed by atoms with E-state index in [1.165, 1.54) is 22.2 Å². The van der Waals surface area contributed by atoms with Crippen molar-refractivity contribution in [2.45, 2.75) is 26.2 Å². The number of amides is 1. The molecule has 1 aliphatic heterocycles. The normalized spacial score (nSPS) is 15.6. The van der Waals surface area contributed by atoms with Gasteiger partial charge >= 0.3 is 0 Å². The van der Waals surface area contributed by atoms with Crippen LogP contribution in [0.4, 0.5) is 0 Å². The Bertz CT molecular complexity index is 873. The van der Waals surface area contributed by atoms with E-state index in [1.54, 1.807) is 0 Å². The Morgan fingerprint density at radius 1 is 1.04 bits per heavy atom. The minimum atomic E-state index is 0.169. The molecule has 25 heavy (non-hydrogen) atoms. The van der Waals surface area contributed by atoms with E-state index in [4.69, 9.17) is 0 Å². The number of carbonyl (C=O) groups excluding carboxylic acids is 1. The summed E-state index contributed by atoms with van der Waals surface area (Å²) in [6.07, 6.45) is 3.26. The molecule has 2 heterocycles. The van der Waals surface area contributed by atoms with Gasteiger partial charge in [0.15, 0.2) is 0 Å². The number of nitrogens with zero attached hydrogens (tertiary/aromatic N) is 1. The summed E-state index contributed by atoms with van der Waals surface area (Å²) in [5.41, 5.74) is 4.76. The monoisotopic (exact) mass is 332 g/mol. The van der Waals surface area contributed by atoms with E-state index in [9.17, 15) is 4.79 Å². The molecule has 1 aliphatic rings. The van der Waals surface area contributed by atoms with E-state index >= 15 is 0 Å². The summed E-state index contributed by atoms with van der Waals surface area (Å²) in [4.78, 5) is 18.1. The topological polar surface area (TPSA) is 36.1 Å². The molecule has 1 N–H and O–H groups in total. The quantitative estimate of drug-likeness (QED) is 0.749. The molecule has 1 amide bonds. The number of hydrogen-bond donors (Lipinski definition) is 1. The first-order valence-electron chi connectivity index (χ1n) is 9.13. The second kappa shape index (κ2) is 6.75. The van der Waals surface area contributed by atoms with Crippen LogP contribution in [-0.4, -0.2) is 28.9 Å². The van der Waals surface area contributed by atoms with Crippen molar-refractivity contribution in [1.82, 2.24) is 9.88 Å². The zero-order valence-corrected chi connectivity index (χ0v) is 14.7. The Hall–Kier alpha value is -2.55. The van der Waals surface area contributed by atoms with Gasteiger partial charge in [-0.3, -0.25) is 4.79 Å². The summed E-state index contributed by atoms with van der Waals surface area (Å²) in [5.74, 6) is 0.819. The number of fused-ring (bicyclic) bond motifs is 1. The first kappa shape index (κ1) is 15.9. The van der Waals surface area contributed by atoms with Gasteiger partial charge in [0.05, 0.1) is 0 Å². The molecule has 2 aromatic carbocycles. The van der Waals surface area contributed by atoms with Crippen molar-refractivity contribution in [2.75, 3.05) is 13.1 Å². The third kappa shape index (κ3) is 3.19. The number of likely N-dealkylation sites (tertiary alicyclic amines) is 1. The van der Waals surface area contributed by atoms with Crippen LogP contribution in [0.15, 0.2) is 54.6 Å². The molecule has 1 aromatic heterocycles. The highest BCUT2D eigenvalue weighted by molar-refractivity contribution is 5.94. The van der Waals surface area contributed by atoms with Gasteiger partial charge in [-0.25, -0.2) is 0 Å². The maximum atomic E-state index is 12.6. The number of aromatic amines is 1. The van der Waals surface area contributed by atoms with Crippen LogP contribution in [0.2, 0.25) is 0 Å². The molecule has 128 valence electrons.